The maximum atomic E-state index is 11.6. The summed E-state index contributed by atoms with van der Waals surface area (Å²) in [5.41, 5.74) is 0.674. The lowest BCUT2D eigenvalue weighted by Gasteiger charge is -2.11. The second-order valence-electron chi connectivity index (χ2n) is 3.26. The van der Waals surface area contributed by atoms with Gasteiger partial charge in [-0.1, -0.05) is 18.2 Å². The van der Waals surface area contributed by atoms with E-state index in [0.29, 0.717) is 17.4 Å². The average Bonchev–Trinajstić information content (AvgIpc) is 2.28. The van der Waals surface area contributed by atoms with Gasteiger partial charge in [-0.2, -0.15) is 0 Å². The molecule has 2 N–H and O–H groups in total. The maximum absolute atomic E-state index is 11.6. The molecule has 4 nitrogen and oxygen atoms in total. The van der Waals surface area contributed by atoms with E-state index in [0.717, 1.165) is 0 Å². The van der Waals surface area contributed by atoms with Crippen molar-refractivity contribution in [2.75, 3.05) is 6.61 Å². The molecule has 0 radical (unpaired) electrons. The Morgan fingerprint density at radius 3 is 2.80 bits per heavy atom. The molecule has 0 heterocycles. The summed E-state index contributed by atoms with van der Waals surface area (Å²) in [5, 5.41) is 11.3. The third kappa shape index (κ3) is 2.89. The molecule has 0 bridgehead atoms. The van der Waals surface area contributed by atoms with Crippen LogP contribution in [-0.2, 0) is 0 Å². The zero-order valence-corrected chi connectivity index (χ0v) is 8.43. The fourth-order valence-corrected chi connectivity index (χ4v) is 1.15. The molecule has 1 atom stereocenters. The van der Waals surface area contributed by atoms with E-state index < -0.39 is 0 Å². The number of benzene rings is 1. The Labute approximate surface area is 87.9 Å². The van der Waals surface area contributed by atoms with Gasteiger partial charge in [-0.05, 0) is 13.0 Å². The van der Waals surface area contributed by atoms with E-state index in [-0.39, 0.29) is 18.6 Å². The van der Waals surface area contributed by atoms with Crippen molar-refractivity contribution in [2.24, 2.45) is 0 Å². The highest BCUT2D eigenvalue weighted by atomic mass is 16.3. The Balaban J connectivity index is 2.86. The van der Waals surface area contributed by atoms with Crippen LogP contribution in [0.2, 0.25) is 0 Å². The zero-order valence-electron chi connectivity index (χ0n) is 8.43. The molecule has 0 aliphatic heterocycles. The highest BCUT2D eigenvalue weighted by molar-refractivity contribution is 6.01. The quantitative estimate of drug-likeness (QED) is 0.711. The van der Waals surface area contributed by atoms with E-state index in [2.05, 4.69) is 5.32 Å². The number of amides is 1. The number of aldehydes is 1. The standard InChI is InChI=1S/C11H13NO3/c1-8(6-13)12-11(15)10-5-3-2-4-9(10)7-14/h2-5,7-8,13H,6H2,1H3,(H,12,15)/t8-/m0/s1. The average molecular weight is 207 g/mol. The third-order valence-corrected chi connectivity index (χ3v) is 1.98. The van der Waals surface area contributed by atoms with Gasteiger partial charge in [0.2, 0.25) is 0 Å². The number of carbonyl (C=O) groups excluding carboxylic acids is 2. The Hall–Kier alpha value is -1.68. The smallest absolute Gasteiger partial charge is 0.252 e. The molecule has 0 aliphatic rings. The number of rotatable bonds is 4. The lowest BCUT2D eigenvalue weighted by molar-refractivity contribution is 0.0917. The molecule has 0 aliphatic carbocycles. The largest absolute Gasteiger partial charge is 0.394 e. The van der Waals surface area contributed by atoms with Crippen LogP contribution in [-0.4, -0.2) is 29.9 Å². The van der Waals surface area contributed by atoms with Crippen LogP contribution in [0.1, 0.15) is 27.6 Å². The molecule has 0 aromatic heterocycles. The van der Waals surface area contributed by atoms with Crippen molar-refractivity contribution in [3.63, 3.8) is 0 Å². The second kappa shape index (κ2) is 5.26. The molecular formula is C11H13NO3. The molecule has 1 aromatic rings. The van der Waals surface area contributed by atoms with Crippen molar-refractivity contribution >= 4 is 12.2 Å². The molecule has 80 valence electrons. The molecule has 1 amide bonds. The fourth-order valence-electron chi connectivity index (χ4n) is 1.15. The van der Waals surface area contributed by atoms with Gasteiger partial charge < -0.3 is 10.4 Å². The summed E-state index contributed by atoms with van der Waals surface area (Å²) in [6.07, 6.45) is 0.637. The van der Waals surface area contributed by atoms with Crippen molar-refractivity contribution in [3.8, 4) is 0 Å². The monoisotopic (exact) mass is 207 g/mol. The number of aliphatic hydroxyl groups excluding tert-OH is 1. The first-order valence-corrected chi connectivity index (χ1v) is 4.65. The van der Waals surface area contributed by atoms with Gasteiger partial charge in [-0.15, -0.1) is 0 Å². The molecule has 0 unspecified atom stereocenters. The molecule has 15 heavy (non-hydrogen) atoms. The third-order valence-electron chi connectivity index (χ3n) is 1.98. The van der Waals surface area contributed by atoms with E-state index in [9.17, 15) is 9.59 Å². The van der Waals surface area contributed by atoms with Crippen molar-refractivity contribution in [3.05, 3.63) is 35.4 Å². The van der Waals surface area contributed by atoms with E-state index in [1.807, 2.05) is 0 Å². The number of aliphatic hydroxyl groups is 1. The van der Waals surface area contributed by atoms with Crippen LogP contribution in [0.3, 0.4) is 0 Å². The van der Waals surface area contributed by atoms with Gasteiger partial charge in [0.15, 0.2) is 6.29 Å². The van der Waals surface area contributed by atoms with Gasteiger partial charge in [-0.25, -0.2) is 0 Å². The van der Waals surface area contributed by atoms with E-state index in [4.69, 9.17) is 5.11 Å². The van der Waals surface area contributed by atoms with Crippen LogP contribution in [0.4, 0.5) is 0 Å². The highest BCUT2D eigenvalue weighted by Crippen LogP contribution is 2.06. The van der Waals surface area contributed by atoms with Gasteiger partial charge in [0, 0.05) is 17.2 Å². The molecule has 0 fully saturated rings. The molecule has 1 rings (SSSR count). The number of hydrogen-bond donors (Lipinski definition) is 2. The van der Waals surface area contributed by atoms with Crippen LogP contribution >= 0.6 is 0 Å². The van der Waals surface area contributed by atoms with Gasteiger partial charge >= 0.3 is 0 Å². The van der Waals surface area contributed by atoms with Gasteiger partial charge in [0.25, 0.3) is 5.91 Å². The van der Waals surface area contributed by atoms with Crippen molar-refractivity contribution in [1.82, 2.24) is 5.32 Å². The summed E-state index contributed by atoms with van der Waals surface area (Å²) in [4.78, 5) is 22.3. The van der Waals surface area contributed by atoms with E-state index >= 15 is 0 Å². The predicted molar refractivity (Wildman–Crippen MR) is 55.8 cm³/mol. The summed E-state index contributed by atoms with van der Waals surface area (Å²) in [7, 11) is 0. The number of hydrogen-bond acceptors (Lipinski definition) is 3. The van der Waals surface area contributed by atoms with Crippen LogP contribution in [0.15, 0.2) is 24.3 Å². The molecule has 0 spiro atoms. The summed E-state index contributed by atoms with van der Waals surface area (Å²) in [6.45, 7) is 1.55. The Morgan fingerprint density at radius 2 is 2.20 bits per heavy atom. The van der Waals surface area contributed by atoms with E-state index in [1.165, 1.54) is 0 Å². The first-order valence-electron chi connectivity index (χ1n) is 4.65. The van der Waals surface area contributed by atoms with Gasteiger partial charge in [0.05, 0.1) is 6.61 Å². The van der Waals surface area contributed by atoms with Crippen LogP contribution in [0, 0.1) is 0 Å². The lowest BCUT2D eigenvalue weighted by atomic mass is 10.1. The Bertz CT molecular complexity index is 363. The van der Waals surface area contributed by atoms with Crippen molar-refractivity contribution < 1.29 is 14.7 Å². The minimum absolute atomic E-state index is 0.130. The SMILES string of the molecule is C[C@@H](CO)NC(=O)c1ccccc1C=O. The molecule has 0 saturated carbocycles. The molecule has 0 saturated heterocycles. The minimum atomic E-state index is -0.348. The van der Waals surface area contributed by atoms with Crippen LogP contribution < -0.4 is 5.32 Å². The van der Waals surface area contributed by atoms with Gasteiger partial charge in [0.1, 0.15) is 0 Å². The second-order valence-corrected chi connectivity index (χ2v) is 3.26. The summed E-state index contributed by atoms with van der Waals surface area (Å²) < 4.78 is 0. The topological polar surface area (TPSA) is 66.4 Å². The first-order chi connectivity index (χ1) is 7.19. The summed E-state index contributed by atoms with van der Waals surface area (Å²) in [6, 6.07) is 6.20. The molecule has 1 aromatic carbocycles. The summed E-state index contributed by atoms with van der Waals surface area (Å²) >= 11 is 0. The molecule has 4 heteroatoms. The predicted octanol–water partition coefficient (Wildman–Crippen LogP) is 0.610. The van der Waals surface area contributed by atoms with Crippen LogP contribution in [0.25, 0.3) is 0 Å². The number of carbonyl (C=O) groups is 2. The van der Waals surface area contributed by atoms with Crippen LogP contribution in [0.5, 0.6) is 0 Å². The van der Waals surface area contributed by atoms with E-state index in [1.54, 1.807) is 31.2 Å². The van der Waals surface area contributed by atoms with Crippen molar-refractivity contribution in [1.29, 1.82) is 0 Å². The normalized spacial score (nSPS) is 11.9. The fraction of sp³-hybridized carbons (Fsp3) is 0.273. The Morgan fingerprint density at radius 1 is 1.53 bits per heavy atom. The Kier molecular flexibility index (Phi) is 4.00. The first kappa shape index (κ1) is 11.4. The number of nitrogens with one attached hydrogen (secondary N) is 1. The van der Waals surface area contributed by atoms with Crippen molar-refractivity contribution in [2.45, 2.75) is 13.0 Å². The van der Waals surface area contributed by atoms with Gasteiger partial charge in [-0.3, -0.25) is 9.59 Å². The zero-order chi connectivity index (χ0) is 11.3. The summed E-state index contributed by atoms with van der Waals surface area (Å²) in [5.74, 6) is -0.348. The highest BCUT2D eigenvalue weighted by Gasteiger charge is 2.11. The lowest BCUT2D eigenvalue weighted by Crippen LogP contribution is -2.35. The minimum Gasteiger partial charge on any atom is -0.394 e. The molecular weight excluding hydrogens is 194 g/mol. The maximum Gasteiger partial charge on any atom is 0.252 e.